The first-order valence-corrected chi connectivity index (χ1v) is 9.36. The van der Waals surface area contributed by atoms with Crippen LogP contribution < -0.4 is 0 Å². The highest BCUT2D eigenvalue weighted by Gasteiger charge is 2.25. The van der Waals surface area contributed by atoms with E-state index in [9.17, 15) is 4.79 Å². The second-order valence-corrected chi connectivity index (χ2v) is 7.80. The van der Waals surface area contributed by atoms with Gasteiger partial charge in [0.1, 0.15) is 0 Å². The Morgan fingerprint density at radius 3 is 2.44 bits per heavy atom. The van der Waals surface area contributed by atoms with E-state index in [-0.39, 0.29) is 17.9 Å². The van der Waals surface area contributed by atoms with Gasteiger partial charge in [0.05, 0.1) is 6.54 Å². The third-order valence-corrected chi connectivity index (χ3v) is 4.97. The van der Waals surface area contributed by atoms with Crippen molar-refractivity contribution in [3.63, 3.8) is 0 Å². The maximum absolute atomic E-state index is 12.7. The maximum atomic E-state index is 12.7. The zero-order valence-electron chi connectivity index (χ0n) is 15.9. The first-order valence-electron chi connectivity index (χ1n) is 8.98. The van der Waals surface area contributed by atoms with Crippen LogP contribution in [-0.4, -0.2) is 21.4 Å². The highest BCUT2D eigenvalue weighted by Crippen LogP contribution is 2.19. The number of rotatable bonds is 7. The molecule has 0 aliphatic heterocycles. The first kappa shape index (κ1) is 19.6. The standard InChI is InChI=1S/C21H29ClN2O/c1-15(2)17(5)24(21(25)16(3)4)14-20-10-7-11-23(20)13-18-8-6-9-19(22)12-18/h6-12,15-17H,13-14H2,1-5H3/t17-/m0/s1. The zero-order chi connectivity index (χ0) is 18.6. The molecule has 2 aromatic rings. The number of hydrogen-bond acceptors (Lipinski definition) is 1. The second-order valence-electron chi connectivity index (χ2n) is 7.36. The number of halogens is 1. The lowest BCUT2D eigenvalue weighted by atomic mass is 10.0. The van der Waals surface area contributed by atoms with Gasteiger partial charge in [0.15, 0.2) is 0 Å². The predicted molar refractivity (Wildman–Crippen MR) is 105 cm³/mol. The summed E-state index contributed by atoms with van der Waals surface area (Å²) in [6, 6.07) is 12.2. The van der Waals surface area contributed by atoms with Crippen molar-refractivity contribution in [2.75, 3.05) is 0 Å². The summed E-state index contributed by atoms with van der Waals surface area (Å²) in [4.78, 5) is 14.7. The summed E-state index contributed by atoms with van der Waals surface area (Å²) in [5.74, 6) is 0.619. The molecule has 4 heteroatoms. The molecule has 0 radical (unpaired) electrons. The Morgan fingerprint density at radius 2 is 1.84 bits per heavy atom. The van der Waals surface area contributed by atoms with Gasteiger partial charge in [0.25, 0.3) is 0 Å². The molecule has 1 aromatic carbocycles. The molecule has 0 N–H and O–H groups in total. The number of hydrogen-bond donors (Lipinski definition) is 0. The van der Waals surface area contributed by atoms with E-state index in [1.165, 1.54) is 0 Å². The fourth-order valence-corrected chi connectivity index (χ4v) is 3.08. The molecular weight excluding hydrogens is 332 g/mol. The number of benzene rings is 1. The van der Waals surface area contributed by atoms with Crippen molar-refractivity contribution >= 4 is 17.5 Å². The van der Waals surface area contributed by atoms with E-state index in [1.54, 1.807) is 0 Å². The van der Waals surface area contributed by atoms with Crippen LogP contribution in [0, 0.1) is 11.8 Å². The van der Waals surface area contributed by atoms with Gasteiger partial charge in [-0.15, -0.1) is 0 Å². The number of aromatic nitrogens is 1. The van der Waals surface area contributed by atoms with E-state index in [4.69, 9.17) is 11.6 Å². The minimum atomic E-state index is -0.00228. The highest BCUT2D eigenvalue weighted by molar-refractivity contribution is 6.30. The van der Waals surface area contributed by atoms with E-state index in [0.717, 1.165) is 22.8 Å². The van der Waals surface area contributed by atoms with Crippen LogP contribution >= 0.6 is 11.6 Å². The summed E-state index contributed by atoms with van der Waals surface area (Å²) < 4.78 is 2.19. The minimum Gasteiger partial charge on any atom is -0.345 e. The number of carbonyl (C=O) groups excluding carboxylic acids is 1. The molecule has 0 aliphatic carbocycles. The monoisotopic (exact) mass is 360 g/mol. The Labute approximate surface area is 156 Å². The van der Waals surface area contributed by atoms with Gasteiger partial charge in [0, 0.05) is 35.4 Å². The van der Waals surface area contributed by atoms with Crippen LogP contribution in [0.5, 0.6) is 0 Å². The average molecular weight is 361 g/mol. The smallest absolute Gasteiger partial charge is 0.225 e. The van der Waals surface area contributed by atoms with Crippen molar-refractivity contribution < 1.29 is 4.79 Å². The SMILES string of the molecule is CC(C)C(=O)N(Cc1cccn1Cc1cccc(Cl)c1)[C@@H](C)C(C)C. The van der Waals surface area contributed by atoms with Gasteiger partial charge in [-0.3, -0.25) is 4.79 Å². The molecule has 3 nitrogen and oxygen atoms in total. The molecule has 2 rings (SSSR count). The summed E-state index contributed by atoms with van der Waals surface area (Å²) in [7, 11) is 0. The van der Waals surface area contributed by atoms with Crippen molar-refractivity contribution in [3.8, 4) is 0 Å². The third-order valence-electron chi connectivity index (χ3n) is 4.73. The molecule has 25 heavy (non-hydrogen) atoms. The second kappa shape index (κ2) is 8.57. The summed E-state index contributed by atoms with van der Waals surface area (Å²) in [5.41, 5.74) is 2.30. The molecule has 0 spiro atoms. The summed E-state index contributed by atoms with van der Waals surface area (Å²) in [5, 5.41) is 0.747. The summed E-state index contributed by atoms with van der Waals surface area (Å²) >= 11 is 6.10. The lowest BCUT2D eigenvalue weighted by Crippen LogP contribution is -2.43. The van der Waals surface area contributed by atoms with Gasteiger partial charge >= 0.3 is 0 Å². The van der Waals surface area contributed by atoms with Gasteiger partial charge in [-0.05, 0) is 42.7 Å². The van der Waals surface area contributed by atoms with E-state index in [0.29, 0.717) is 12.5 Å². The lowest BCUT2D eigenvalue weighted by Gasteiger charge is -2.33. The Bertz CT molecular complexity index is 705. The Hall–Kier alpha value is -1.74. The molecule has 0 saturated carbocycles. The van der Waals surface area contributed by atoms with Gasteiger partial charge in [0.2, 0.25) is 5.91 Å². The Balaban J connectivity index is 2.23. The number of amides is 1. The molecule has 1 amide bonds. The van der Waals surface area contributed by atoms with Gasteiger partial charge in [-0.1, -0.05) is 51.4 Å². The topological polar surface area (TPSA) is 25.2 Å². The third kappa shape index (κ3) is 5.12. The van der Waals surface area contributed by atoms with Crippen LogP contribution in [0.3, 0.4) is 0 Å². The normalized spacial score (nSPS) is 12.6. The van der Waals surface area contributed by atoms with Crippen LogP contribution in [0.1, 0.15) is 45.9 Å². The van der Waals surface area contributed by atoms with Gasteiger partial charge in [-0.2, -0.15) is 0 Å². The molecule has 0 saturated heterocycles. The van der Waals surface area contributed by atoms with Crippen LogP contribution in [0.2, 0.25) is 5.02 Å². The fourth-order valence-electron chi connectivity index (χ4n) is 2.87. The predicted octanol–water partition coefficient (Wildman–Crippen LogP) is 5.22. The number of nitrogens with zero attached hydrogens (tertiary/aromatic N) is 2. The fraction of sp³-hybridized carbons (Fsp3) is 0.476. The molecule has 1 atom stereocenters. The van der Waals surface area contributed by atoms with Crippen molar-refractivity contribution in [2.45, 2.75) is 53.8 Å². The zero-order valence-corrected chi connectivity index (χ0v) is 16.6. The van der Waals surface area contributed by atoms with Crippen molar-refractivity contribution in [2.24, 2.45) is 11.8 Å². The maximum Gasteiger partial charge on any atom is 0.225 e. The lowest BCUT2D eigenvalue weighted by molar-refractivity contribution is -0.138. The van der Waals surface area contributed by atoms with Crippen LogP contribution in [-0.2, 0) is 17.9 Å². The number of carbonyl (C=O) groups is 1. The molecule has 136 valence electrons. The van der Waals surface area contributed by atoms with Gasteiger partial charge < -0.3 is 9.47 Å². The molecule has 1 aromatic heterocycles. The van der Waals surface area contributed by atoms with Crippen molar-refractivity contribution in [1.29, 1.82) is 0 Å². The minimum absolute atomic E-state index is 0.00228. The first-order chi connectivity index (χ1) is 11.8. The molecule has 0 unspecified atom stereocenters. The Kier molecular flexibility index (Phi) is 6.71. The average Bonchev–Trinajstić information content (AvgIpc) is 2.98. The van der Waals surface area contributed by atoms with E-state index in [1.807, 2.05) is 43.0 Å². The quantitative estimate of drug-likeness (QED) is 0.664. The van der Waals surface area contributed by atoms with E-state index < -0.39 is 0 Å². The molecule has 0 bridgehead atoms. The molecular formula is C21H29ClN2O. The summed E-state index contributed by atoms with van der Waals surface area (Å²) in [6.45, 7) is 11.8. The van der Waals surface area contributed by atoms with Crippen molar-refractivity contribution in [3.05, 3.63) is 58.9 Å². The highest BCUT2D eigenvalue weighted by atomic mass is 35.5. The largest absolute Gasteiger partial charge is 0.345 e. The van der Waals surface area contributed by atoms with Crippen LogP contribution in [0.15, 0.2) is 42.6 Å². The van der Waals surface area contributed by atoms with Crippen LogP contribution in [0.4, 0.5) is 0 Å². The molecule has 1 heterocycles. The van der Waals surface area contributed by atoms with Gasteiger partial charge in [-0.25, -0.2) is 0 Å². The molecule has 0 fully saturated rings. The van der Waals surface area contributed by atoms with Crippen LogP contribution in [0.25, 0.3) is 0 Å². The summed E-state index contributed by atoms with van der Waals surface area (Å²) in [6.07, 6.45) is 2.06. The Morgan fingerprint density at radius 1 is 1.12 bits per heavy atom. The van der Waals surface area contributed by atoms with E-state index in [2.05, 4.69) is 43.7 Å². The van der Waals surface area contributed by atoms with Crippen molar-refractivity contribution in [1.82, 2.24) is 9.47 Å². The molecule has 0 aliphatic rings. The van der Waals surface area contributed by atoms with E-state index >= 15 is 0 Å².